The van der Waals surface area contributed by atoms with E-state index in [9.17, 15) is 14.4 Å². The summed E-state index contributed by atoms with van der Waals surface area (Å²) in [7, 11) is 0. The molecule has 6 nitrogen and oxygen atoms in total. The smallest absolute Gasteiger partial charge is 0.306 e. The van der Waals surface area contributed by atoms with Crippen molar-refractivity contribution in [3.63, 3.8) is 0 Å². The van der Waals surface area contributed by atoms with Crippen LogP contribution in [-0.2, 0) is 28.6 Å². The zero-order valence-electron chi connectivity index (χ0n) is 42.0. The lowest BCUT2D eigenvalue weighted by Crippen LogP contribution is -2.30. The highest BCUT2D eigenvalue weighted by Crippen LogP contribution is 2.15. The number of rotatable bonds is 48. The van der Waals surface area contributed by atoms with Gasteiger partial charge in [-0.25, -0.2) is 0 Å². The Balaban J connectivity index is 4.42. The highest BCUT2D eigenvalue weighted by atomic mass is 16.6. The summed E-state index contributed by atoms with van der Waals surface area (Å²) in [6, 6.07) is 0. The Morgan fingerprint density at radius 1 is 0.328 bits per heavy atom. The van der Waals surface area contributed by atoms with Gasteiger partial charge in [-0.05, 0) is 83.5 Å². The molecule has 0 fully saturated rings. The van der Waals surface area contributed by atoms with Crippen molar-refractivity contribution >= 4 is 17.9 Å². The van der Waals surface area contributed by atoms with Gasteiger partial charge in [-0.2, -0.15) is 0 Å². The van der Waals surface area contributed by atoms with Gasteiger partial charge in [0.2, 0.25) is 0 Å². The van der Waals surface area contributed by atoms with E-state index in [-0.39, 0.29) is 31.1 Å². The van der Waals surface area contributed by atoms with Crippen LogP contribution < -0.4 is 0 Å². The van der Waals surface area contributed by atoms with Gasteiger partial charge < -0.3 is 14.2 Å². The minimum atomic E-state index is -0.790. The van der Waals surface area contributed by atoms with Crippen LogP contribution in [0.25, 0.3) is 0 Å². The summed E-state index contributed by atoms with van der Waals surface area (Å²) < 4.78 is 16.8. The predicted octanol–water partition coefficient (Wildman–Crippen LogP) is 17.8. The SMILES string of the molecule is CC/C=C/C/C=C/C/C=C/CCCCCCCC(=O)OC[C@H](COC(=O)CCCCCCCCCCCCCCCCCC)OC(=O)CCCCCCC/C=C/C/C=C/C/C=C/CC. The second-order valence-corrected chi connectivity index (χ2v) is 17.7. The van der Waals surface area contributed by atoms with Crippen LogP contribution in [0.5, 0.6) is 0 Å². The molecule has 0 saturated carbocycles. The van der Waals surface area contributed by atoms with E-state index in [1.54, 1.807) is 0 Å². The van der Waals surface area contributed by atoms with Crippen molar-refractivity contribution in [2.75, 3.05) is 13.2 Å². The van der Waals surface area contributed by atoms with E-state index in [0.717, 1.165) is 135 Å². The lowest BCUT2D eigenvalue weighted by atomic mass is 10.0. The summed E-state index contributed by atoms with van der Waals surface area (Å²) in [6.07, 6.45) is 66.0. The molecule has 1 atom stereocenters. The lowest BCUT2D eigenvalue weighted by molar-refractivity contribution is -0.167. The number of esters is 3. The number of allylic oxidation sites excluding steroid dienone is 12. The van der Waals surface area contributed by atoms with Gasteiger partial charge in [-0.15, -0.1) is 0 Å². The van der Waals surface area contributed by atoms with Crippen LogP contribution in [0.4, 0.5) is 0 Å². The van der Waals surface area contributed by atoms with Gasteiger partial charge in [0.1, 0.15) is 13.2 Å². The first kappa shape index (κ1) is 60.9. The molecule has 0 heterocycles. The summed E-state index contributed by atoms with van der Waals surface area (Å²) >= 11 is 0. The molecule has 64 heavy (non-hydrogen) atoms. The standard InChI is InChI=1S/C58H100O6/c1-4-7-10-13-16-19-22-25-28-31-33-36-39-42-45-48-51-57(60)63-54-55(64-58(61)52-49-46-43-40-37-34-30-27-24-21-18-15-12-9-6-3)53-62-56(59)50-47-44-41-38-35-32-29-26-23-20-17-14-11-8-5-2/h8-9,11-12,17-18,20-21,26-27,29-30,55H,4-7,10,13-16,19,22-25,28,31-54H2,1-3H3/b11-8+,12-9+,20-17+,21-18+,29-26+,30-27+/t55-/m1/s1. The van der Waals surface area contributed by atoms with Crippen LogP contribution in [0.3, 0.4) is 0 Å². The third kappa shape index (κ3) is 49.9. The van der Waals surface area contributed by atoms with Crippen molar-refractivity contribution in [2.24, 2.45) is 0 Å². The topological polar surface area (TPSA) is 78.9 Å². The second-order valence-electron chi connectivity index (χ2n) is 17.7. The summed E-state index contributed by atoms with van der Waals surface area (Å²) in [5.74, 6) is -0.915. The summed E-state index contributed by atoms with van der Waals surface area (Å²) in [5.41, 5.74) is 0. The average Bonchev–Trinajstić information content (AvgIpc) is 3.29. The first-order valence-electron chi connectivity index (χ1n) is 26.9. The number of ether oxygens (including phenoxy) is 3. The molecule has 0 N–H and O–H groups in total. The van der Waals surface area contributed by atoms with E-state index in [0.29, 0.717) is 19.3 Å². The van der Waals surface area contributed by atoms with Gasteiger partial charge >= 0.3 is 17.9 Å². The molecule has 0 aromatic heterocycles. The van der Waals surface area contributed by atoms with Gasteiger partial charge in [0.15, 0.2) is 6.10 Å². The average molecular weight is 893 g/mol. The zero-order valence-corrected chi connectivity index (χ0v) is 42.0. The third-order valence-corrected chi connectivity index (χ3v) is 11.5. The minimum Gasteiger partial charge on any atom is -0.462 e. The van der Waals surface area contributed by atoms with Crippen molar-refractivity contribution in [3.05, 3.63) is 72.9 Å². The molecule has 0 unspecified atom stereocenters. The van der Waals surface area contributed by atoms with Gasteiger partial charge in [0, 0.05) is 19.3 Å². The number of carbonyl (C=O) groups excluding carboxylic acids is 3. The summed E-state index contributed by atoms with van der Waals surface area (Å²) in [6.45, 7) is 6.40. The molecule has 0 aliphatic rings. The van der Waals surface area contributed by atoms with Crippen molar-refractivity contribution in [1.82, 2.24) is 0 Å². The molecule has 0 aliphatic heterocycles. The van der Waals surface area contributed by atoms with Gasteiger partial charge in [-0.3, -0.25) is 14.4 Å². The fourth-order valence-electron chi connectivity index (χ4n) is 7.47. The Kier molecular flexibility index (Phi) is 49.9. The van der Waals surface area contributed by atoms with Crippen LogP contribution >= 0.6 is 0 Å². The normalized spacial score (nSPS) is 12.6. The molecule has 0 aromatic carbocycles. The minimum absolute atomic E-state index is 0.0863. The molecular weight excluding hydrogens is 793 g/mol. The highest BCUT2D eigenvalue weighted by Gasteiger charge is 2.19. The molecule has 0 aliphatic carbocycles. The fourth-order valence-corrected chi connectivity index (χ4v) is 7.47. The number of carbonyl (C=O) groups is 3. The van der Waals surface area contributed by atoms with Crippen LogP contribution in [0, 0.1) is 0 Å². The summed E-state index contributed by atoms with van der Waals surface area (Å²) in [5, 5.41) is 0. The Morgan fingerprint density at radius 2 is 0.609 bits per heavy atom. The highest BCUT2D eigenvalue weighted by molar-refractivity contribution is 5.71. The molecule has 368 valence electrons. The Bertz CT molecular complexity index is 1210. The van der Waals surface area contributed by atoms with E-state index in [2.05, 4.69) is 93.7 Å². The van der Waals surface area contributed by atoms with E-state index in [1.807, 2.05) is 0 Å². The van der Waals surface area contributed by atoms with Crippen molar-refractivity contribution in [1.29, 1.82) is 0 Å². The lowest BCUT2D eigenvalue weighted by Gasteiger charge is -2.18. The monoisotopic (exact) mass is 893 g/mol. The van der Waals surface area contributed by atoms with Crippen molar-refractivity contribution in [2.45, 2.75) is 264 Å². The van der Waals surface area contributed by atoms with Crippen LogP contribution in [0.2, 0.25) is 0 Å². The largest absolute Gasteiger partial charge is 0.462 e. The van der Waals surface area contributed by atoms with E-state index in [1.165, 1.54) is 83.5 Å². The van der Waals surface area contributed by atoms with Gasteiger partial charge in [0.05, 0.1) is 0 Å². The third-order valence-electron chi connectivity index (χ3n) is 11.5. The zero-order chi connectivity index (χ0) is 46.5. The van der Waals surface area contributed by atoms with Crippen molar-refractivity contribution < 1.29 is 28.6 Å². The number of unbranched alkanes of at least 4 members (excludes halogenated alkanes) is 25. The second kappa shape index (κ2) is 52.5. The van der Waals surface area contributed by atoms with Crippen LogP contribution in [0.15, 0.2) is 72.9 Å². The van der Waals surface area contributed by atoms with Gasteiger partial charge in [-0.1, -0.05) is 229 Å². The Hall–Kier alpha value is -3.15. The Morgan fingerprint density at radius 3 is 0.953 bits per heavy atom. The molecule has 0 saturated heterocycles. The maximum absolute atomic E-state index is 12.8. The molecule has 6 heteroatoms. The summed E-state index contributed by atoms with van der Waals surface area (Å²) in [4.78, 5) is 38.1. The van der Waals surface area contributed by atoms with Crippen LogP contribution in [-0.4, -0.2) is 37.2 Å². The first-order valence-corrected chi connectivity index (χ1v) is 26.9. The maximum atomic E-state index is 12.8. The predicted molar refractivity (Wildman–Crippen MR) is 274 cm³/mol. The maximum Gasteiger partial charge on any atom is 0.306 e. The van der Waals surface area contributed by atoms with E-state index >= 15 is 0 Å². The van der Waals surface area contributed by atoms with Crippen molar-refractivity contribution in [3.8, 4) is 0 Å². The molecule has 0 radical (unpaired) electrons. The van der Waals surface area contributed by atoms with E-state index < -0.39 is 6.10 Å². The molecular formula is C58H100O6. The van der Waals surface area contributed by atoms with Gasteiger partial charge in [0.25, 0.3) is 0 Å². The quantitative estimate of drug-likeness (QED) is 0.0262. The molecule has 0 rings (SSSR count). The number of hydrogen-bond acceptors (Lipinski definition) is 6. The molecule has 0 spiro atoms. The molecule has 0 bridgehead atoms. The molecule has 0 aromatic rings. The first-order chi connectivity index (χ1) is 31.5. The van der Waals surface area contributed by atoms with Crippen LogP contribution in [0.1, 0.15) is 258 Å². The number of hydrogen-bond donors (Lipinski definition) is 0. The Labute approximate surface area is 395 Å². The fraction of sp³-hybridized carbons (Fsp3) is 0.741. The molecule has 0 amide bonds. The van der Waals surface area contributed by atoms with E-state index in [4.69, 9.17) is 14.2 Å².